The molecule has 21 heavy (non-hydrogen) atoms. The summed E-state index contributed by atoms with van der Waals surface area (Å²) in [7, 11) is 1.91. The van der Waals surface area contributed by atoms with Crippen molar-refractivity contribution in [2.24, 2.45) is 0 Å². The highest BCUT2D eigenvalue weighted by molar-refractivity contribution is 7.05. The number of para-hydroxylation sites is 1. The van der Waals surface area contributed by atoms with Crippen LogP contribution in [0.4, 0.5) is 0 Å². The van der Waals surface area contributed by atoms with Gasteiger partial charge >= 0.3 is 0 Å². The van der Waals surface area contributed by atoms with E-state index in [-0.39, 0.29) is 6.04 Å². The number of nitrogens with zero attached hydrogens (tertiary/aromatic N) is 2. The molecule has 0 saturated heterocycles. The van der Waals surface area contributed by atoms with E-state index in [1.807, 2.05) is 31.3 Å². The van der Waals surface area contributed by atoms with Gasteiger partial charge in [0.1, 0.15) is 11.8 Å². The highest BCUT2D eigenvalue weighted by Gasteiger charge is 2.23. The zero-order valence-corrected chi connectivity index (χ0v) is 13.5. The van der Waals surface area contributed by atoms with E-state index in [9.17, 15) is 0 Å². The van der Waals surface area contributed by atoms with Crippen molar-refractivity contribution in [2.75, 3.05) is 7.05 Å². The monoisotopic (exact) mass is 321 g/mol. The second kappa shape index (κ2) is 6.13. The highest BCUT2D eigenvalue weighted by atomic mass is 35.5. The molecule has 4 nitrogen and oxygen atoms in total. The van der Waals surface area contributed by atoms with Gasteiger partial charge in [-0.05, 0) is 37.1 Å². The first-order chi connectivity index (χ1) is 10.2. The molecule has 0 radical (unpaired) electrons. The number of nitrogens with one attached hydrogen (secondary N) is 1. The third-order valence-electron chi connectivity index (χ3n) is 3.42. The van der Waals surface area contributed by atoms with E-state index < -0.39 is 0 Å². The van der Waals surface area contributed by atoms with Crippen LogP contribution in [0, 0.1) is 0 Å². The number of rotatable bonds is 5. The first kappa shape index (κ1) is 14.5. The van der Waals surface area contributed by atoms with Crippen molar-refractivity contribution >= 4 is 34.1 Å². The summed E-state index contributed by atoms with van der Waals surface area (Å²) in [5.74, 6) is 0.837. The molecule has 1 N–H and O–H groups in total. The van der Waals surface area contributed by atoms with Gasteiger partial charge in [0, 0.05) is 5.39 Å². The fraction of sp³-hybridized carbons (Fsp3) is 0.333. The number of benzene rings is 1. The number of fused-ring (bicyclic) bond motifs is 1. The van der Waals surface area contributed by atoms with Gasteiger partial charge in [-0.2, -0.15) is 0 Å². The Bertz CT molecular complexity index is 752. The molecule has 0 saturated carbocycles. The Labute approximate surface area is 132 Å². The molecule has 0 amide bonds. The van der Waals surface area contributed by atoms with Crippen molar-refractivity contribution in [3.05, 3.63) is 45.6 Å². The SMILES string of the molecule is CCCc1nnsc1C(NC)c1cc2cccc(Cl)c2o1. The Morgan fingerprint density at radius 2 is 2.29 bits per heavy atom. The van der Waals surface area contributed by atoms with Crippen LogP contribution in [0.1, 0.15) is 35.7 Å². The summed E-state index contributed by atoms with van der Waals surface area (Å²) in [4.78, 5) is 1.11. The summed E-state index contributed by atoms with van der Waals surface area (Å²) >= 11 is 7.60. The van der Waals surface area contributed by atoms with Crippen LogP contribution in [0.2, 0.25) is 5.02 Å². The zero-order chi connectivity index (χ0) is 14.8. The van der Waals surface area contributed by atoms with Crippen molar-refractivity contribution < 1.29 is 4.42 Å². The van der Waals surface area contributed by atoms with Crippen molar-refractivity contribution in [3.8, 4) is 0 Å². The summed E-state index contributed by atoms with van der Waals surface area (Å²) in [6.07, 6.45) is 1.96. The molecule has 2 aromatic heterocycles. The lowest BCUT2D eigenvalue weighted by Crippen LogP contribution is -2.17. The van der Waals surface area contributed by atoms with E-state index in [4.69, 9.17) is 16.0 Å². The molecular weight excluding hydrogens is 306 g/mol. The van der Waals surface area contributed by atoms with Gasteiger partial charge in [-0.3, -0.25) is 0 Å². The Morgan fingerprint density at radius 3 is 3.00 bits per heavy atom. The molecule has 0 bridgehead atoms. The molecule has 2 heterocycles. The van der Waals surface area contributed by atoms with Crippen LogP contribution in [0.15, 0.2) is 28.7 Å². The molecule has 1 atom stereocenters. The van der Waals surface area contributed by atoms with Gasteiger partial charge in [0.2, 0.25) is 0 Å². The van der Waals surface area contributed by atoms with E-state index in [2.05, 4.69) is 21.8 Å². The second-order valence-corrected chi connectivity index (χ2v) is 6.06. The molecule has 1 aromatic carbocycles. The summed E-state index contributed by atoms with van der Waals surface area (Å²) in [6, 6.07) is 7.74. The van der Waals surface area contributed by atoms with Crippen molar-refractivity contribution in [1.29, 1.82) is 0 Å². The minimum absolute atomic E-state index is 0.0463. The van der Waals surface area contributed by atoms with E-state index >= 15 is 0 Å². The molecule has 0 fully saturated rings. The fourth-order valence-corrected chi connectivity index (χ4v) is 3.47. The number of furan rings is 1. The van der Waals surface area contributed by atoms with E-state index in [1.165, 1.54) is 11.5 Å². The number of aryl methyl sites for hydroxylation is 1. The normalized spacial score (nSPS) is 12.9. The molecule has 110 valence electrons. The number of halogens is 1. The van der Waals surface area contributed by atoms with Gasteiger partial charge in [-0.15, -0.1) is 5.10 Å². The van der Waals surface area contributed by atoms with Crippen LogP contribution >= 0.6 is 23.1 Å². The number of aromatic nitrogens is 2. The van der Waals surface area contributed by atoms with Crippen LogP contribution in [-0.2, 0) is 6.42 Å². The summed E-state index contributed by atoms with van der Waals surface area (Å²) in [5.41, 5.74) is 1.76. The zero-order valence-electron chi connectivity index (χ0n) is 11.9. The van der Waals surface area contributed by atoms with E-state index in [0.29, 0.717) is 5.02 Å². The molecule has 3 rings (SSSR count). The number of hydrogen-bond donors (Lipinski definition) is 1. The molecule has 0 aliphatic rings. The molecule has 0 aliphatic carbocycles. The van der Waals surface area contributed by atoms with Gasteiger partial charge < -0.3 is 9.73 Å². The summed E-state index contributed by atoms with van der Waals surface area (Å²) in [6.45, 7) is 2.14. The van der Waals surface area contributed by atoms with Gasteiger partial charge in [-0.1, -0.05) is 41.6 Å². The minimum Gasteiger partial charge on any atom is -0.457 e. The van der Waals surface area contributed by atoms with E-state index in [0.717, 1.165) is 40.1 Å². The van der Waals surface area contributed by atoms with Gasteiger partial charge in [0.25, 0.3) is 0 Å². The minimum atomic E-state index is -0.0463. The molecule has 0 aliphatic heterocycles. The maximum Gasteiger partial charge on any atom is 0.152 e. The lowest BCUT2D eigenvalue weighted by atomic mass is 10.1. The van der Waals surface area contributed by atoms with Crippen LogP contribution in [-0.4, -0.2) is 16.6 Å². The predicted octanol–water partition coefficient (Wildman–Crippen LogP) is 4.20. The molecule has 1 unspecified atom stereocenters. The standard InChI is InChI=1S/C15H16ClN3OS/c1-3-5-11-15(21-19-18-11)13(17-2)12-8-9-6-4-7-10(16)14(9)20-12/h4,6-8,13,17H,3,5H2,1-2H3. The largest absolute Gasteiger partial charge is 0.457 e. The smallest absolute Gasteiger partial charge is 0.152 e. The van der Waals surface area contributed by atoms with Crippen molar-refractivity contribution in [2.45, 2.75) is 25.8 Å². The molecular formula is C15H16ClN3OS. The quantitative estimate of drug-likeness (QED) is 0.765. The first-order valence-electron chi connectivity index (χ1n) is 6.91. The van der Waals surface area contributed by atoms with Crippen LogP contribution in [0.25, 0.3) is 11.0 Å². The Morgan fingerprint density at radius 1 is 1.43 bits per heavy atom. The fourth-order valence-electron chi connectivity index (χ4n) is 2.44. The van der Waals surface area contributed by atoms with Crippen molar-refractivity contribution in [1.82, 2.24) is 14.9 Å². The average Bonchev–Trinajstić information content (AvgIpc) is 3.09. The van der Waals surface area contributed by atoms with Gasteiger partial charge in [0.15, 0.2) is 5.58 Å². The van der Waals surface area contributed by atoms with Gasteiger partial charge in [-0.25, -0.2) is 0 Å². The average molecular weight is 322 g/mol. The third-order valence-corrected chi connectivity index (χ3v) is 4.55. The summed E-state index contributed by atoms with van der Waals surface area (Å²) in [5, 5.41) is 9.16. The highest BCUT2D eigenvalue weighted by Crippen LogP contribution is 2.33. The Hall–Kier alpha value is -1.43. The molecule has 3 aromatic rings. The van der Waals surface area contributed by atoms with Gasteiger partial charge in [0.05, 0.1) is 15.6 Å². The maximum absolute atomic E-state index is 6.19. The Kier molecular flexibility index (Phi) is 4.24. The van der Waals surface area contributed by atoms with Crippen molar-refractivity contribution in [3.63, 3.8) is 0 Å². The molecule has 6 heteroatoms. The predicted molar refractivity (Wildman–Crippen MR) is 86.0 cm³/mol. The third kappa shape index (κ3) is 2.69. The lowest BCUT2D eigenvalue weighted by molar-refractivity contribution is 0.493. The second-order valence-electron chi connectivity index (χ2n) is 4.86. The van der Waals surface area contributed by atoms with E-state index in [1.54, 1.807) is 0 Å². The lowest BCUT2D eigenvalue weighted by Gasteiger charge is -2.12. The molecule has 0 spiro atoms. The topological polar surface area (TPSA) is 51.0 Å². The Balaban J connectivity index is 2.05. The number of hydrogen-bond acceptors (Lipinski definition) is 5. The maximum atomic E-state index is 6.19. The first-order valence-corrected chi connectivity index (χ1v) is 8.06. The summed E-state index contributed by atoms with van der Waals surface area (Å²) < 4.78 is 10.1. The van der Waals surface area contributed by atoms with Crippen LogP contribution in [0.5, 0.6) is 0 Å². The van der Waals surface area contributed by atoms with Crippen LogP contribution in [0.3, 0.4) is 0 Å². The van der Waals surface area contributed by atoms with Crippen LogP contribution < -0.4 is 5.32 Å².